The lowest BCUT2D eigenvalue weighted by molar-refractivity contribution is 0.326. The first kappa shape index (κ1) is 11.9. The van der Waals surface area contributed by atoms with Crippen LogP contribution in [0.3, 0.4) is 0 Å². The SMILES string of the molecule is CC1CCCC(NC2=NC3CCCC3CS2)C1. The van der Waals surface area contributed by atoms with E-state index in [2.05, 4.69) is 12.2 Å². The zero-order chi connectivity index (χ0) is 11.7. The van der Waals surface area contributed by atoms with Crippen molar-refractivity contribution in [2.24, 2.45) is 16.8 Å². The standard InChI is InChI=1S/C14H24N2S/c1-10-4-2-6-12(8-10)15-14-16-13-7-3-5-11(13)9-17-14/h10-13H,2-9H2,1H3,(H,15,16). The lowest BCUT2D eigenvalue weighted by Crippen LogP contribution is -2.39. The van der Waals surface area contributed by atoms with Crippen molar-refractivity contribution in [2.45, 2.75) is 64.0 Å². The van der Waals surface area contributed by atoms with E-state index < -0.39 is 0 Å². The summed E-state index contributed by atoms with van der Waals surface area (Å²) in [4.78, 5) is 4.93. The Morgan fingerprint density at radius 3 is 2.94 bits per heavy atom. The predicted octanol–water partition coefficient (Wildman–Crippen LogP) is 3.43. The second kappa shape index (κ2) is 5.21. The highest BCUT2D eigenvalue weighted by molar-refractivity contribution is 8.13. The van der Waals surface area contributed by atoms with Crippen LogP contribution >= 0.6 is 11.8 Å². The van der Waals surface area contributed by atoms with Crippen LogP contribution in [0.25, 0.3) is 0 Å². The molecule has 3 rings (SSSR count). The van der Waals surface area contributed by atoms with Gasteiger partial charge in [0.1, 0.15) is 0 Å². The van der Waals surface area contributed by atoms with Gasteiger partial charge in [0, 0.05) is 11.8 Å². The maximum atomic E-state index is 4.93. The molecular formula is C14H24N2S. The Hall–Kier alpha value is -0.180. The summed E-state index contributed by atoms with van der Waals surface area (Å²) < 4.78 is 0. The summed E-state index contributed by atoms with van der Waals surface area (Å²) in [5.74, 6) is 3.09. The molecule has 0 spiro atoms. The van der Waals surface area contributed by atoms with Crippen LogP contribution in [0, 0.1) is 11.8 Å². The molecule has 0 bridgehead atoms. The van der Waals surface area contributed by atoms with Crippen molar-refractivity contribution in [3.05, 3.63) is 0 Å². The molecule has 17 heavy (non-hydrogen) atoms. The molecule has 0 amide bonds. The van der Waals surface area contributed by atoms with Gasteiger partial charge in [-0.2, -0.15) is 0 Å². The monoisotopic (exact) mass is 252 g/mol. The third-order valence-corrected chi connectivity index (χ3v) is 5.69. The van der Waals surface area contributed by atoms with Crippen molar-refractivity contribution in [1.82, 2.24) is 5.32 Å². The molecule has 0 radical (unpaired) electrons. The average Bonchev–Trinajstić information content (AvgIpc) is 2.76. The van der Waals surface area contributed by atoms with Gasteiger partial charge >= 0.3 is 0 Å². The summed E-state index contributed by atoms with van der Waals surface area (Å²) in [5, 5.41) is 4.97. The molecule has 0 aromatic carbocycles. The minimum Gasteiger partial charge on any atom is -0.362 e. The normalized spacial score (nSPS) is 41.8. The summed E-state index contributed by atoms with van der Waals surface area (Å²) in [6, 6.07) is 1.35. The van der Waals surface area contributed by atoms with Crippen molar-refractivity contribution < 1.29 is 0 Å². The third-order valence-electron chi connectivity index (χ3n) is 4.60. The van der Waals surface area contributed by atoms with Gasteiger partial charge in [-0.15, -0.1) is 0 Å². The minimum absolute atomic E-state index is 0.653. The first-order chi connectivity index (χ1) is 8.31. The summed E-state index contributed by atoms with van der Waals surface area (Å²) in [6.45, 7) is 2.39. The van der Waals surface area contributed by atoms with Crippen LogP contribution in [0.4, 0.5) is 0 Å². The Kier molecular flexibility index (Phi) is 3.64. The number of nitrogens with one attached hydrogen (secondary N) is 1. The van der Waals surface area contributed by atoms with Gasteiger partial charge in [0.05, 0.1) is 6.04 Å². The maximum Gasteiger partial charge on any atom is 0.157 e. The molecule has 3 heteroatoms. The molecule has 1 N–H and O–H groups in total. The van der Waals surface area contributed by atoms with Crippen LogP contribution in [0.5, 0.6) is 0 Å². The number of hydrogen-bond donors (Lipinski definition) is 1. The van der Waals surface area contributed by atoms with Crippen molar-refractivity contribution in [3.8, 4) is 0 Å². The van der Waals surface area contributed by atoms with Crippen molar-refractivity contribution >= 4 is 16.9 Å². The summed E-state index contributed by atoms with van der Waals surface area (Å²) >= 11 is 1.97. The highest BCUT2D eigenvalue weighted by Crippen LogP contribution is 2.35. The number of hydrogen-bond acceptors (Lipinski definition) is 3. The van der Waals surface area contributed by atoms with Gasteiger partial charge < -0.3 is 5.32 Å². The van der Waals surface area contributed by atoms with E-state index >= 15 is 0 Å². The second-order valence-corrected chi connectivity index (χ2v) is 7.13. The molecule has 2 saturated carbocycles. The quantitative estimate of drug-likeness (QED) is 0.773. The molecule has 96 valence electrons. The van der Waals surface area contributed by atoms with Gasteiger partial charge in [-0.05, 0) is 37.5 Å². The Bertz CT molecular complexity index is 303. The van der Waals surface area contributed by atoms with E-state index in [4.69, 9.17) is 4.99 Å². The number of aliphatic imine (C=N–C) groups is 1. The number of amidine groups is 1. The minimum atomic E-state index is 0.653. The summed E-state index contributed by atoms with van der Waals surface area (Å²) in [7, 11) is 0. The van der Waals surface area contributed by atoms with E-state index in [1.54, 1.807) is 0 Å². The van der Waals surface area contributed by atoms with Gasteiger partial charge in [-0.25, -0.2) is 0 Å². The number of rotatable bonds is 1. The molecule has 4 atom stereocenters. The number of fused-ring (bicyclic) bond motifs is 1. The smallest absolute Gasteiger partial charge is 0.157 e. The molecule has 2 fully saturated rings. The molecule has 2 nitrogen and oxygen atoms in total. The molecule has 3 aliphatic rings. The number of thioether (sulfide) groups is 1. The fourth-order valence-electron chi connectivity index (χ4n) is 3.57. The van der Waals surface area contributed by atoms with E-state index in [-0.39, 0.29) is 0 Å². The fourth-order valence-corrected chi connectivity index (χ4v) is 4.79. The van der Waals surface area contributed by atoms with Crippen LogP contribution < -0.4 is 5.32 Å². The fraction of sp³-hybridized carbons (Fsp3) is 0.929. The highest BCUT2D eigenvalue weighted by Gasteiger charge is 2.31. The van der Waals surface area contributed by atoms with Crippen molar-refractivity contribution in [1.29, 1.82) is 0 Å². The van der Waals surface area contributed by atoms with Gasteiger partial charge in [0.2, 0.25) is 0 Å². The molecule has 0 saturated heterocycles. The Morgan fingerprint density at radius 1 is 1.18 bits per heavy atom. The van der Waals surface area contributed by atoms with E-state index in [0.717, 1.165) is 11.8 Å². The van der Waals surface area contributed by atoms with E-state index in [9.17, 15) is 0 Å². The van der Waals surface area contributed by atoms with Crippen LogP contribution in [0.15, 0.2) is 4.99 Å². The lowest BCUT2D eigenvalue weighted by atomic mass is 9.87. The largest absolute Gasteiger partial charge is 0.362 e. The van der Waals surface area contributed by atoms with Crippen molar-refractivity contribution in [2.75, 3.05) is 5.75 Å². The van der Waals surface area contributed by atoms with Gasteiger partial charge in [-0.3, -0.25) is 4.99 Å². The molecule has 1 aliphatic heterocycles. The maximum absolute atomic E-state index is 4.93. The van der Waals surface area contributed by atoms with Crippen LogP contribution in [-0.2, 0) is 0 Å². The second-order valence-electron chi connectivity index (χ2n) is 6.12. The Balaban J connectivity index is 1.57. The molecule has 4 unspecified atom stereocenters. The third kappa shape index (κ3) is 2.81. The summed E-state index contributed by atoms with van der Waals surface area (Å²) in [5.41, 5.74) is 0. The zero-order valence-corrected chi connectivity index (χ0v) is 11.6. The van der Waals surface area contributed by atoms with Crippen LogP contribution in [0.2, 0.25) is 0 Å². The van der Waals surface area contributed by atoms with Crippen molar-refractivity contribution in [3.63, 3.8) is 0 Å². The molecule has 0 aromatic heterocycles. The predicted molar refractivity (Wildman–Crippen MR) is 75.6 cm³/mol. The van der Waals surface area contributed by atoms with E-state index in [1.807, 2.05) is 11.8 Å². The van der Waals surface area contributed by atoms with Gasteiger partial charge in [-0.1, -0.05) is 37.9 Å². The molecule has 0 aromatic rings. The Morgan fingerprint density at radius 2 is 2.06 bits per heavy atom. The van der Waals surface area contributed by atoms with E-state index in [0.29, 0.717) is 12.1 Å². The zero-order valence-electron chi connectivity index (χ0n) is 10.8. The van der Waals surface area contributed by atoms with Crippen LogP contribution in [0.1, 0.15) is 51.9 Å². The molecule has 1 heterocycles. The molecule has 2 aliphatic carbocycles. The first-order valence-corrected chi connectivity index (χ1v) is 8.27. The number of nitrogens with zero attached hydrogens (tertiary/aromatic N) is 1. The molecular weight excluding hydrogens is 228 g/mol. The van der Waals surface area contributed by atoms with Gasteiger partial charge in [0.15, 0.2) is 5.17 Å². The average molecular weight is 252 g/mol. The highest BCUT2D eigenvalue weighted by atomic mass is 32.2. The van der Waals surface area contributed by atoms with E-state index in [1.165, 1.54) is 55.9 Å². The first-order valence-electron chi connectivity index (χ1n) is 7.28. The topological polar surface area (TPSA) is 24.4 Å². The lowest BCUT2D eigenvalue weighted by Gasteiger charge is -2.31. The Labute approximate surface area is 109 Å². The van der Waals surface area contributed by atoms with Gasteiger partial charge in [0.25, 0.3) is 0 Å². The summed E-state index contributed by atoms with van der Waals surface area (Å²) in [6.07, 6.45) is 9.64. The van der Waals surface area contributed by atoms with Crippen LogP contribution in [-0.4, -0.2) is 23.0 Å².